The van der Waals surface area contributed by atoms with E-state index in [2.05, 4.69) is 18.3 Å². The third-order valence-electron chi connectivity index (χ3n) is 3.61. The molecule has 1 aromatic heterocycles. The van der Waals surface area contributed by atoms with Crippen LogP contribution in [-0.4, -0.2) is 12.3 Å². The predicted octanol–water partition coefficient (Wildman–Crippen LogP) is 5.03. The Kier molecular flexibility index (Phi) is 4.89. The molecule has 3 rings (SSSR count). The largest absolute Gasteiger partial charge is 0.306 e. The fraction of sp³-hybridized carbons (Fsp3) is 0.375. The summed E-state index contributed by atoms with van der Waals surface area (Å²) in [6.45, 7) is 2.87. The lowest BCUT2D eigenvalue weighted by Gasteiger charge is -2.18. The van der Waals surface area contributed by atoms with Crippen LogP contribution in [0.3, 0.4) is 0 Å². The first-order valence-corrected chi connectivity index (χ1v) is 9.41. The molecule has 2 heterocycles. The highest BCUT2D eigenvalue weighted by atomic mass is 35.5. The van der Waals surface area contributed by atoms with Gasteiger partial charge in [-0.3, -0.25) is 0 Å². The first-order valence-electron chi connectivity index (χ1n) is 7.06. The van der Waals surface area contributed by atoms with Gasteiger partial charge in [-0.25, -0.2) is 4.39 Å². The number of rotatable bonds is 4. The van der Waals surface area contributed by atoms with Crippen LogP contribution in [0.5, 0.6) is 0 Å². The van der Waals surface area contributed by atoms with Crippen LogP contribution in [0.2, 0.25) is 5.02 Å². The van der Waals surface area contributed by atoms with Crippen LogP contribution >= 0.6 is 34.7 Å². The Labute approximate surface area is 137 Å². The maximum Gasteiger partial charge on any atom is 0.123 e. The molecule has 1 aliphatic rings. The Morgan fingerprint density at radius 2 is 2.24 bits per heavy atom. The quantitative estimate of drug-likeness (QED) is 0.837. The number of fused-ring (bicyclic) bond motifs is 1. The van der Waals surface area contributed by atoms with E-state index >= 15 is 0 Å². The normalized spacial score (nSPS) is 15.8. The predicted molar refractivity (Wildman–Crippen MR) is 91.1 cm³/mol. The minimum absolute atomic E-state index is 0.0289. The summed E-state index contributed by atoms with van der Waals surface area (Å²) in [6.07, 6.45) is 1.14. The average molecular weight is 342 g/mol. The molecule has 0 bridgehead atoms. The van der Waals surface area contributed by atoms with Crippen LogP contribution in [-0.2, 0) is 12.2 Å². The van der Waals surface area contributed by atoms with E-state index < -0.39 is 0 Å². The second-order valence-corrected chi connectivity index (χ2v) is 7.74. The number of nitrogens with one attached hydrogen (secondary N) is 1. The van der Waals surface area contributed by atoms with E-state index in [0.29, 0.717) is 5.02 Å². The lowest BCUT2D eigenvalue weighted by Crippen LogP contribution is -2.21. The smallest absolute Gasteiger partial charge is 0.123 e. The summed E-state index contributed by atoms with van der Waals surface area (Å²) >= 11 is 10.1. The number of thioether (sulfide) groups is 1. The van der Waals surface area contributed by atoms with Crippen LogP contribution in [0, 0.1) is 5.82 Å². The zero-order chi connectivity index (χ0) is 14.8. The van der Waals surface area contributed by atoms with Gasteiger partial charge in [-0.15, -0.1) is 11.3 Å². The maximum absolute atomic E-state index is 13.6. The lowest BCUT2D eigenvalue weighted by molar-refractivity contribution is 0.607. The van der Waals surface area contributed by atoms with Crippen LogP contribution in [0.15, 0.2) is 24.3 Å². The fourth-order valence-electron chi connectivity index (χ4n) is 2.62. The van der Waals surface area contributed by atoms with Gasteiger partial charge >= 0.3 is 0 Å². The number of hydrogen-bond acceptors (Lipinski definition) is 3. The summed E-state index contributed by atoms with van der Waals surface area (Å²) in [7, 11) is 0. The summed E-state index contributed by atoms with van der Waals surface area (Å²) in [6, 6.07) is 6.83. The Morgan fingerprint density at radius 1 is 1.38 bits per heavy atom. The fourth-order valence-corrected chi connectivity index (χ4v) is 5.31. The van der Waals surface area contributed by atoms with E-state index in [4.69, 9.17) is 11.6 Å². The second kappa shape index (κ2) is 6.69. The van der Waals surface area contributed by atoms with Crippen LogP contribution in [0.1, 0.15) is 33.8 Å². The van der Waals surface area contributed by atoms with Gasteiger partial charge in [-0.05, 0) is 54.1 Å². The highest BCUT2D eigenvalue weighted by Gasteiger charge is 2.22. The maximum atomic E-state index is 13.6. The molecular weight excluding hydrogens is 325 g/mol. The second-order valence-electron chi connectivity index (χ2n) is 5.06. The van der Waals surface area contributed by atoms with E-state index in [1.807, 2.05) is 23.1 Å². The van der Waals surface area contributed by atoms with Crippen LogP contribution < -0.4 is 5.32 Å². The molecule has 0 fully saturated rings. The van der Waals surface area contributed by atoms with Gasteiger partial charge < -0.3 is 5.32 Å². The first kappa shape index (κ1) is 15.3. The minimum Gasteiger partial charge on any atom is -0.306 e. The van der Waals surface area contributed by atoms with E-state index in [-0.39, 0.29) is 11.9 Å². The third kappa shape index (κ3) is 3.29. The van der Waals surface area contributed by atoms with E-state index in [1.54, 1.807) is 12.1 Å². The van der Waals surface area contributed by atoms with Gasteiger partial charge in [-0.1, -0.05) is 18.5 Å². The molecule has 0 saturated heterocycles. The van der Waals surface area contributed by atoms with Gasteiger partial charge in [0.2, 0.25) is 0 Å². The minimum atomic E-state index is -0.242. The molecule has 1 unspecified atom stereocenters. The zero-order valence-corrected chi connectivity index (χ0v) is 14.2. The Morgan fingerprint density at radius 3 is 3.00 bits per heavy atom. The molecule has 2 aromatic rings. The van der Waals surface area contributed by atoms with E-state index in [9.17, 15) is 4.39 Å². The molecule has 1 aliphatic heterocycles. The molecule has 0 saturated carbocycles. The molecular formula is C16H17ClFNS2. The number of halogens is 2. The molecule has 0 radical (unpaired) electrons. The molecule has 1 atom stereocenters. The Hall–Kier alpha value is -0.550. The van der Waals surface area contributed by atoms with Crippen molar-refractivity contribution in [1.82, 2.24) is 5.32 Å². The molecule has 21 heavy (non-hydrogen) atoms. The zero-order valence-electron chi connectivity index (χ0n) is 11.8. The van der Waals surface area contributed by atoms with Crippen LogP contribution in [0.25, 0.3) is 0 Å². The van der Waals surface area contributed by atoms with Crippen molar-refractivity contribution in [1.29, 1.82) is 0 Å². The molecule has 0 amide bonds. The van der Waals surface area contributed by atoms with Gasteiger partial charge in [0, 0.05) is 20.5 Å². The molecule has 1 aromatic carbocycles. The van der Waals surface area contributed by atoms with Crippen molar-refractivity contribution >= 4 is 34.7 Å². The molecule has 5 heteroatoms. The summed E-state index contributed by atoms with van der Waals surface area (Å²) in [4.78, 5) is 2.70. The van der Waals surface area contributed by atoms with Gasteiger partial charge in [0.05, 0.1) is 6.04 Å². The van der Waals surface area contributed by atoms with Gasteiger partial charge in [-0.2, -0.15) is 11.8 Å². The Balaban J connectivity index is 2.01. The number of aryl methyl sites for hydroxylation is 1. The number of benzene rings is 1. The molecule has 0 spiro atoms. The van der Waals surface area contributed by atoms with Crippen molar-refractivity contribution in [3.63, 3.8) is 0 Å². The Bertz CT molecular complexity index is 618. The number of thiophene rings is 1. The molecule has 112 valence electrons. The highest BCUT2D eigenvalue weighted by molar-refractivity contribution is 7.98. The van der Waals surface area contributed by atoms with Crippen molar-refractivity contribution < 1.29 is 4.39 Å². The topological polar surface area (TPSA) is 12.0 Å². The van der Waals surface area contributed by atoms with Crippen molar-refractivity contribution in [3.8, 4) is 0 Å². The van der Waals surface area contributed by atoms with Crippen LogP contribution in [0.4, 0.5) is 4.39 Å². The van der Waals surface area contributed by atoms with E-state index in [1.165, 1.54) is 27.1 Å². The average Bonchev–Trinajstić information content (AvgIpc) is 2.91. The van der Waals surface area contributed by atoms with Crippen molar-refractivity contribution in [2.75, 3.05) is 12.3 Å². The lowest BCUT2D eigenvalue weighted by atomic mass is 10.0. The molecule has 1 N–H and O–H groups in total. The standard InChI is InChI=1S/C16H17ClFNS2/c1-2-19-16(12-8-11(18)3-4-13(12)17)15-7-10-9-20-6-5-14(10)21-15/h3-4,7-8,16,19H,2,5-6,9H2,1H3. The first-order chi connectivity index (χ1) is 10.2. The summed E-state index contributed by atoms with van der Waals surface area (Å²) in [5.74, 6) is 2.04. The van der Waals surface area contributed by atoms with E-state index in [0.717, 1.165) is 24.3 Å². The van der Waals surface area contributed by atoms with Gasteiger partial charge in [0.25, 0.3) is 0 Å². The van der Waals surface area contributed by atoms with Crippen molar-refractivity contribution in [2.24, 2.45) is 0 Å². The third-order valence-corrected chi connectivity index (χ3v) is 6.26. The van der Waals surface area contributed by atoms with Crippen molar-refractivity contribution in [2.45, 2.75) is 25.1 Å². The molecule has 1 nitrogen and oxygen atoms in total. The molecule has 0 aliphatic carbocycles. The van der Waals surface area contributed by atoms with Crippen molar-refractivity contribution in [3.05, 3.63) is 56.0 Å². The van der Waals surface area contributed by atoms with Gasteiger partial charge in [0.15, 0.2) is 0 Å². The monoisotopic (exact) mass is 341 g/mol. The van der Waals surface area contributed by atoms with Gasteiger partial charge in [0.1, 0.15) is 5.82 Å². The number of hydrogen-bond donors (Lipinski definition) is 1. The SMILES string of the molecule is CCNC(c1cc2c(s1)CCSC2)c1cc(F)ccc1Cl. The summed E-state index contributed by atoms with van der Waals surface area (Å²) < 4.78 is 13.6. The summed E-state index contributed by atoms with van der Waals surface area (Å²) in [5, 5.41) is 4.06. The summed E-state index contributed by atoms with van der Waals surface area (Å²) in [5.41, 5.74) is 2.26. The highest BCUT2D eigenvalue weighted by Crippen LogP contribution is 2.38.